The van der Waals surface area contributed by atoms with Crippen molar-refractivity contribution in [3.05, 3.63) is 11.9 Å². The van der Waals surface area contributed by atoms with E-state index in [1.165, 1.54) is 0 Å². The van der Waals surface area contributed by atoms with E-state index in [4.69, 9.17) is 9.47 Å². The van der Waals surface area contributed by atoms with Crippen LogP contribution in [0.5, 0.6) is 5.75 Å². The van der Waals surface area contributed by atoms with Crippen molar-refractivity contribution in [1.82, 2.24) is 15.1 Å². The summed E-state index contributed by atoms with van der Waals surface area (Å²) in [5.41, 5.74) is 1.09. The molecule has 0 aliphatic carbocycles. The zero-order valence-corrected chi connectivity index (χ0v) is 13.5. The number of ether oxygens (including phenoxy) is 2. The standard InChI is InChI=1S/C15H29N3O2/c1-6-9-12(20-8-3)14(16-4)15-13(19-5)11-17-18(15)10-7-2/h11-12,14,16H,6-10H2,1-5H3. The van der Waals surface area contributed by atoms with Gasteiger partial charge in [0.15, 0.2) is 5.75 Å². The van der Waals surface area contributed by atoms with Gasteiger partial charge in [0.05, 0.1) is 31.1 Å². The topological polar surface area (TPSA) is 48.3 Å². The first-order valence-corrected chi connectivity index (χ1v) is 7.61. The third-order valence-corrected chi connectivity index (χ3v) is 3.43. The fraction of sp³-hybridized carbons (Fsp3) is 0.800. The van der Waals surface area contributed by atoms with Crippen molar-refractivity contribution in [1.29, 1.82) is 0 Å². The Morgan fingerprint density at radius 2 is 2.05 bits per heavy atom. The molecule has 2 unspecified atom stereocenters. The number of rotatable bonds is 10. The summed E-state index contributed by atoms with van der Waals surface area (Å²) in [5, 5.41) is 7.83. The van der Waals surface area contributed by atoms with Gasteiger partial charge in [-0.25, -0.2) is 0 Å². The van der Waals surface area contributed by atoms with Gasteiger partial charge in [0.25, 0.3) is 0 Å². The molecule has 0 spiro atoms. The average Bonchev–Trinajstić information content (AvgIpc) is 2.84. The van der Waals surface area contributed by atoms with E-state index in [0.717, 1.165) is 37.3 Å². The van der Waals surface area contributed by atoms with E-state index < -0.39 is 0 Å². The lowest BCUT2D eigenvalue weighted by Crippen LogP contribution is -2.34. The van der Waals surface area contributed by atoms with Crippen LogP contribution in [0.15, 0.2) is 6.20 Å². The van der Waals surface area contributed by atoms with Gasteiger partial charge in [-0.05, 0) is 26.8 Å². The molecule has 0 aromatic carbocycles. The molecule has 0 saturated carbocycles. The number of likely N-dealkylation sites (N-methyl/N-ethyl adjacent to an activating group) is 1. The van der Waals surface area contributed by atoms with E-state index in [-0.39, 0.29) is 12.1 Å². The molecule has 0 radical (unpaired) electrons. The van der Waals surface area contributed by atoms with Gasteiger partial charge in [-0.2, -0.15) is 5.10 Å². The minimum atomic E-state index is 0.0962. The van der Waals surface area contributed by atoms with Crippen LogP contribution in [0.1, 0.15) is 51.8 Å². The highest BCUT2D eigenvalue weighted by Crippen LogP contribution is 2.30. The molecule has 0 saturated heterocycles. The number of methoxy groups -OCH3 is 1. The molecule has 20 heavy (non-hydrogen) atoms. The van der Waals surface area contributed by atoms with Crippen LogP contribution in [0, 0.1) is 0 Å². The summed E-state index contributed by atoms with van der Waals surface area (Å²) >= 11 is 0. The molecule has 0 aliphatic heterocycles. The monoisotopic (exact) mass is 283 g/mol. The highest BCUT2D eigenvalue weighted by Gasteiger charge is 2.28. The summed E-state index contributed by atoms with van der Waals surface area (Å²) in [7, 11) is 3.66. The maximum atomic E-state index is 5.93. The smallest absolute Gasteiger partial charge is 0.161 e. The quantitative estimate of drug-likeness (QED) is 0.717. The number of nitrogens with zero attached hydrogens (tertiary/aromatic N) is 2. The van der Waals surface area contributed by atoms with Gasteiger partial charge >= 0.3 is 0 Å². The minimum absolute atomic E-state index is 0.0962. The molecular formula is C15H29N3O2. The van der Waals surface area contributed by atoms with Gasteiger partial charge in [0.2, 0.25) is 0 Å². The summed E-state index contributed by atoms with van der Waals surface area (Å²) in [5.74, 6) is 0.832. The van der Waals surface area contributed by atoms with Crippen molar-refractivity contribution in [2.45, 2.75) is 58.7 Å². The molecule has 0 amide bonds. The lowest BCUT2D eigenvalue weighted by Gasteiger charge is -2.27. The van der Waals surface area contributed by atoms with E-state index in [1.807, 2.05) is 18.7 Å². The summed E-state index contributed by atoms with van der Waals surface area (Å²) in [6.07, 6.45) is 5.08. The first-order chi connectivity index (χ1) is 9.73. The van der Waals surface area contributed by atoms with Crippen molar-refractivity contribution in [2.75, 3.05) is 20.8 Å². The predicted octanol–water partition coefficient (Wildman–Crippen LogP) is 2.77. The highest BCUT2D eigenvalue weighted by molar-refractivity contribution is 5.29. The summed E-state index contributed by atoms with van der Waals surface area (Å²) < 4.78 is 13.4. The van der Waals surface area contributed by atoms with Crippen molar-refractivity contribution in [2.24, 2.45) is 0 Å². The van der Waals surface area contributed by atoms with E-state index in [2.05, 4.69) is 24.3 Å². The zero-order valence-electron chi connectivity index (χ0n) is 13.5. The molecule has 0 fully saturated rings. The fourth-order valence-electron chi connectivity index (χ4n) is 2.58. The Kier molecular flexibility index (Phi) is 7.62. The highest BCUT2D eigenvalue weighted by atomic mass is 16.5. The van der Waals surface area contributed by atoms with Crippen LogP contribution < -0.4 is 10.1 Å². The van der Waals surface area contributed by atoms with Crippen LogP contribution in [0.4, 0.5) is 0 Å². The van der Waals surface area contributed by atoms with Crippen molar-refractivity contribution >= 4 is 0 Å². The molecule has 5 heteroatoms. The first kappa shape index (κ1) is 17.0. The Bertz CT molecular complexity index is 373. The van der Waals surface area contributed by atoms with Gasteiger partial charge in [-0.3, -0.25) is 4.68 Å². The third-order valence-electron chi connectivity index (χ3n) is 3.43. The van der Waals surface area contributed by atoms with Crippen molar-refractivity contribution in [3.8, 4) is 5.75 Å². The van der Waals surface area contributed by atoms with Crippen molar-refractivity contribution in [3.63, 3.8) is 0 Å². The minimum Gasteiger partial charge on any atom is -0.493 e. The molecule has 1 N–H and O–H groups in total. The summed E-state index contributed by atoms with van der Waals surface area (Å²) in [4.78, 5) is 0. The maximum absolute atomic E-state index is 5.93. The molecule has 1 aromatic rings. The largest absolute Gasteiger partial charge is 0.493 e. The second kappa shape index (κ2) is 8.97. The maximum Gasteiger partial charge on any atom is 0.161 e. The number of hydrogen-bond donors (Lipinski definition) is 1. The summed E-state index contributed by atoms with van der Waals surface area (Å²) in [6, 6.07) is 0.0962. The van der Waals surface area contributed by atoms with E-state index in [9.17, 15) is 0 Å². The summed E-state index contributed by atoms with van der Waals surface area (Å²) in [6.45, 7) is 7.97. The SMILES string of the molecule is CCCC(OCC)C(NC)c1c(OC)cnn1CCC. The first-order valence-electron chi connectivity index (χ1n) is 7.61. The Balaban J connectivity index is 3.10. The molecule has 1 rings (SSSR count). The molecule has 0 aliphatic rings. The van der Waals surface area contributed by atoms with Gasteiger partial charge < -0.3 is 14.8 Å². The van der Waals surface area contributed by atoms with Crippen LogP contribution in [0.25, 0.3) is 0 Å². The third kappa shape index (κ3) is 3.96. The molecular weight excluding hydrogens is 254 g/mol. The number of aryl methyl sites for hydroxylation is 1. The van der Waals surface area contributed by atoms with Gasteiger partial charge in [-0.15, -0.1) is 0 Å². The predicted molar refractivity (Wildman–Crippen MR) is 81.2 cm³/mol. The lowest BCUT2D eigenvalue weighted by atomic mass is 10.0. The molecule has 2 atom stereocenters. The zero-order chi connectivity index (χ0) is 15.0. The van der Waals surface area contributed by atoms with Crippen LogP contribution in [-0.4, -0.2) is 36.6 Å². The van der Waals surface area contributed by atoms with Crippen molar-refractivity contribution < 1.29 is 9.47 Å². The van der Waals surface area contributed by atoms with Crippen LogP contribution in [0.3, 0.4) is 0 Å². The van der Waals surface area contributed by atoms with Crippen LogP contribution in [-0.2, 0) is 11.3 Å². The van der Waals surface area contributed by atoms with Crippen LogP contribution in [0.2, 0.25) is 0 Å². The molecule has 1 heterocycles. The second-order valence-electron chi connectivity index (χ2n) is 4.87. The molecule has 5 nitrogen and oxygen atoms in total. The van der Waals surface area contributed by atoms with E-state index in [0.29, 0.717) is 6.61 Å². The number of nitrogens with one attached hydrogen (secondary N) is 1. The number of hydrogen-bond acceptors (Lipinski definition) is 4. The second-order valence-corrected chi connectivity index (χ2v) is 4.87. The van der Waals surface area contributed by atoms with E-state index >= 15 is 0 Å². The van der Waals surface area contributed by atoms with Gasteiger partial charge in [-0.1, -0.05) is 20.3 Å². The Hall–Kier alpha value is -1.07. The molecule has 116 valence electrons. The average molecular weight is 283 g/mol. The fourth-order valence-corrected chi connectivity index (χ4v) is 2.58. The Labute approximate surface area is 122 Å². The van der Waals surface area contributed by atoms with E-state index in [1.54, 1.807) is 13.3 Å². The molecule has 1 aromatic heterocycles. The van der Waals surface area contributed by atoms with Crippen LogP contribution >= 0.6 is 0 Å². The van der Waals surface area contributed by atoms with Gasteiger partial charge in [0, 0.05) is 13.2 Å². The molecule has 0 bridgehead atoms. The van der Waals surface area contributed by atoms with Gasteiger partial charge in [0.1, 0.15) is 0 Å². The number of aromatic nitrogens is 2. The Morgan fingerprint density at radius 1 is 1.30 bits per heavy atom. The lowest BCUT2D eigenvalue weighted by molar-refractivity contribution is 0.0267. The normalized spacial score (nSPS) is 14.2. The Morgan fingerprint density at radius 3 is 2.55 bits per heavy atom.